The molecule has 17 heavy (non-hydrogen) atoms. The van der Waals surface area contributed by atoms with Gasteiger partial charge in [0.15, 0.2) is 0 Å². The van der Waals surface area contributed by atoms with Gasteiger partial charge >= 0.3 is 0 Å². The monoisotopic (exact) mass is 366 g/mol. The molecule has 1 aromatic carbocycles. The predicted molar refractivity (Wildman–Crippen MR) is 79.8 cm³/mol. The van der Waals surface area contributed by atoms with Crippen molar-refractivity contribution in [3.05, 3.63) is 33.4 Å². The first-order valence-electron chi connectivity index (χ1n) is 5.45. The third-order valence-corrected chi connectivity index (χ3v) is 3.40. The molecule has 3 nitrogen and oxygen atoms in total. The van der Waals surface area contributed by atoms with Gasteiger partial charge in [-0.3, -0.25) is 4.79 Å². The van der Waals surface area contributed by atoms with Crippen LogP contribution in [0, 0.1) is 3.57 Å². The second kappa shape index (κ2) is 6.56. The molecule has 0 spiro atoms. The number of nitrogens with zero attached hydrogens (tertiary/aromatic N) is 1. The van der Waals surface area contributed by atoms with Gasteiger partial charge in [-0.15, -0.1) is 12.4 Å². The molecule has 94 valence electrons. The second-order valence-corrected chi connectivity index (χ2v) is 5.36. The Hall–Kier alpha value is -0.330. The van der Waals surface area contributed by atoms with Crippen molar-refractivity contribution < 1.29 is 4.79 Å². The van der Waals surface area contributed by atoms with Gasteiger partial charge < -0.3 is 10.2 Å². The van der Waals surface area contributed by atoms with Crippen LogP contribution < -0.4 is 5.32 Å². The fraction of sp³-hybridized carbons (Fsp3) is 0.417. The van der Waals surface area contributed by atoms with Crippen LogP contribution in [0.15, 0.2) is 24.3 Å². The van der Waals surface area contributed by atoms with Gasteiger partial charge in [-0.2, -0.15) is 0 Å². The average molecular weight is 367 g/mol. The standard InChI is InChI=1S/C12H15IN2O.ClH/c1-9-8-15(6-5-14-9)12(16)10-3-2-4-11(13)7-10;/h2-4,7,9,14H,5-6,8H2,1H3;1H/t9-;/m0./s1. The lowest BCUT2D eigenvalue weighted by atomic mass is 10.1. The molecule has 1 aromatic rings. The van der Waals surface area contributed by atoms with Crippen LogP contribution >= 0.6 is 35.0 Å². The summed E-state index contributed by atoms with van der Waals surface area (Å²) in [4.78, 5) is 14.1. The maximum absolute atomic E-state index is 12.2. The SMILES string of the molecule is C[C@H]1CN(C(=O)c2cccc(I)c2)CCN1.Cl. The van der Waals surface area contributed by atoms with Crippen molar-refractivity contribution in [2.24, 2.45) is 0 Å². The van der Waals surface area contributed by atoms with Gasteiger partial charge in [0.05, 0.1) is 0 Å². The van der Waals surface area contributed by atoms with Crippen LogP contribution in [0.5, 0.6) is 0 Å². The molecular formula is C12H16ClIN2O. The largest absolute Gasteiger partial charge is 0.336 e. The molecule has 2 rings (SSSR count). The maximum Gasteiger partial charge on any atom is 0.253 e. The van der Waals surface area contributed by atoms with Gasteiger partial charge in [-0.25, -0.2) is 0 Å². The minimum absolute atomic E-state index is 0. The number of amides is 1. The number of carbonyl (C=O) groups excluding carboxylic acids is 1. The zero-order chi connectivity index (χ0) is 11.5. The normalized spacial score (nSPS) is 19.6. The minimum Gasteiger partial charge on any atom is -0.336 e. The van der Waals surface area contributed by atoms with Crippen LogP contribution in [0.2, 0.25) is 0 Å². The summed E-state index contributed by atoms with van der Waals surface area (Å²) in [7, 11) is 0. The first kappa shape index (κ1) is 14.7. The highest BCUT2D eigenvalue weighted by Crippen LogP contribution is 2.11. The molecule has 1 fully saturated rings. The van der Waals surface area contributed by atoms with E-state index in [0.717, 1.165) is 28.8 Å². The van der Waals surface area contributed by atoms with Crippen LogP contribution in [0.1, 0.15) is 17.3 Å². The van der Waals surface area contributed by atoms with E-state index in [1.165, 1.54) is 0 Å². The van der Waals surface area contributed by atoms with Crippen molar-refractivity contribution in [2.45, 2.75) is 13.0 Å². The summed E-state index contributed by atoms with van der Waals surface area (Å²) in [6.45, 7) is 4.59. The van der Waals surface area contributed by atoms with Crippen LogP contribution in [0.25, 0.3) is 0 Å². The molecule has 1 amide bonds. The summed E-state index contributed by atoms with van der Waals surface area (Å²) in [6, 6.07) is 8.14. The summed E-state index contributed by atoms with van der Waals surface area (Å²) in [5.74, 6) is 0.145. The fourth-order valence-corrected chi connectivity index (χ4v) is 2.46. The zero-order valence-electron chi connectivity index (χ0n) is 9.65. The van der Waals surface area contributed by atoms with Gasteiger partial charge in [-0.05, 0) is 47.7 Å². The van der Waals surface area contributed by atoms with Crippen molar-refractivity contribution >= 4 is 40.9 Å². The summed E-state index contributed by atoms with van der Waals surface area (Å²) >= 11 is 2.23. The first-order chi connectivity index (χ1) is 7.66. The Balaban J connectivity index is 0.00000144. The topological polar surface area (TPSA) is 32.3 Å². The van der Waals surface area contributed by atoms with Crippen molar-refractivity contribution in [3.8, 4) is 0 Å². The molecule has 5 heteroatoms. The van der Waals surface area contributed by atoms with E-state index in [-0.39, 0.29) is 18.3 Å². The van der Waals surface area contributed by atoms with Crippen molar-refractivity contribution in [3.63, 3.8) is 0 Å². The van der Waals surface area contributed by atoms with E-state index in [1.54, 1.807) is 0 Å². The second-order valence-electron chi connectivity index (χ2n) is 4.12. The molecule has 0 aliphatic carbocycles. The average Bonchev–Trinajstić information content (AvgIpc) is 2.28. The number of hydrogen-bond acceptors (Lipinski definition) is 2. The third kappa shape index (κ3) is 3.82. The molecule has 0 saturated carbocycles. The van der Waals surface area contributed by atoms with Gasteiger partial charge in [0.25, 0.3) is 5.91 Å². The third-order valence-electron chi connectivity index (χ3n) is 2.73. The quantitative estimate of drug-likeness (QED) is 0.773. The lowest BCUT2D eigenvalue weighted by Gasteiger charge is -2.32. The summed E-state index contributed by atoms with van der Waals surface area (Å²) in [6.07, 6.45) is 0. The molecule has 1 aliphatic rings. The highest BCUT2D eigenvalue weighted by Gasteiger charge is 2.21. The predicted octanol–water partition coefficient (Wildman–Crippen LogP) is 2.15. The van der Waals surface area contributed by atoms with Gasteiger partial charge in [-0.1, -0.05) is 6.07 Å². The Morgan fingerprint density at radius 1 is 1.53 bits per heavy atom. The Morgan fingerprint density at radius 3 is 2.94 bits per heavy atom. The molecule has 0 unspecified atom stereocenters. The molecule has 1 heterocycles. The van der Waals surface area contributed by atoms with Crippen molar-refractivity contribution in [1.29, 1.82) is 0 Å². The number of benzene rings is 1. The van der Waals surface area contributed by atoms with E-state index in [2.05, 4.69) is 34.8 Å². The van der Waals surface area contributed by atoms with E-state index < -0.39 is 0 Å². The van der Waals surface area contributed by atoms with Crippen molar-refractivity contribution in [1.82, 2.24) is 10.2 Å². The molecular weight excluding hydrogens is 351 g/mol. The van der Waals surface area contributed by atoms with Crippen molar-refractivity contribution in [2.75, 3.05) is 19.6 Å². The van der Waals surface area contributed by atoms with E-state index in [0.29, 0.717) is 6.04 Å². The van der Waals surface area contributed by atoms with Gasteiger partial charge in [0, 0.05) is 34.8 Å². The molecule has 1 atom stereocenters. The number of rotatable bonds is 1. The molecule has 0 aromatic heterocycles. The number of nitrogens with one attached hydrogen (secondary N) is 1. The number of piperazine rings is 1. The van der Waals surface area contributed by atoms with Crippen LogP contribution in [0.4, 0.5) is 0 Å². The Morgan fingerprint density at radius 2 is 2.29 bits per heavy atom. The van der Waals surface area contributed by atoms with Crippen LogP contribution in [-0.2, 0) is 0 Å². The highest BCUT2D eigenvalue weighted by molar-refractivity contribution is 14.1. The van der Waals surface area contributed by atoms with Gasteiger partial charge in [0.1, 0.15) is 0 Å². The van der Waals surface area contributed by atoms with E-state index in [9.17, 15) is 4.79 Å². The number of hydrogen-bond donors (Lipinski definition) is 1. The summed E-state index contributed by atoms with van der Waals surface area (Å²) < 4.78 is 1.10. The first-order valence-corrected chi connectivity index (χ1v) is 6.53. The lowest BCUT2D eigenvalue weighted by molar-refractivity contribution is 0.0709. The highest BCUT2D eigenvalue weighted by atomic mass is 127. The van der Waals surface area contributed by atoms with E-state index >= 15 is 0 Å². The Labute approximate surface area is 122 Å². The molecule has 1 N–H and O–H groups in total. The number of halogens is 2. The van der Waals surface area contributed by atoms with E-state index in [4.69, 9.17) is 0 Å². The van der Waals surface area contributed by atoms with Crippen LogP contribution in [0.3, 0.4) is 0 Å². The molecule has 1 saturated heterocycles. The Kier molecular flexibility index (Phi) is 5.69. The van der Waals surface area contributed by atoms with Crippen LogP contribution in [-0.4, -0.2) is 36.5 Å². The minimum atomic E-state index is 0. The fourth-order valence-electron chi connectivity index (χ4n) is 1.92. The smallest absolute Gasteiger partial charge is 0.253 e. The summed E-state index contributed by atoms with van der Waals surface area (Å²) in [5.41, 5.74) is 0.793. The molecule has 0 radical (unpaired) electrons. The number of carbonyl (C=O) groups is 1. The zero-order valence-corrected chi connectivity index (χ0v) is 12.6. The van der Waals surface area contributed by atoms with Gasteiger partial charge in [0.2, 0.25) is 0 Å². The van der Waals surface area contributed by atoms with E-state index in [1.807, 2.05) is 29.2 Å². The lowest BCUT2D eigenvalue weighted by Crippen LogP contribution is -2.51. The summed E-state index contributed by atoms with van der Waals surface area (Å²) in [5, 5.41) is 3.33. The molecule has 1 aliphatic heterocycles. The molecule has 0 bridgehead atoms. The maximum atomic E-state index is 12.2. The Bertz CT molecular complexity index is 400.